The summed E-state index contributed by atoms with van der Waals surface area (Å²) in [6.07, 6.45) is -2.94. The average molecular weight is 324 g/mol. The summed E-state index contributed by atoms with van der Waals surface area (Å²) in [4.78, 5) is 14.3. The number of carboxylic acids is 1. The van der Waals surface area contributed by atoms with E-state index in [0.29, 0.717) is 0 Å². The number of hydrogen-bond acceptors (Lipinski definition) is 3. The second kappa shape index (κ2) is 4.48. The van der Waals surface area contributed by atoms with Crippen molar-refractivity contribution in [2.75, 3.05) is 0 Å². The predicted octanol–water partition coefficient (Wildman–Crippen LogP) is 2.19. The Morgan fingerprint density at radius 1 is 1.67 bits per heavy atom. The molecule has 0 saturated heterocycles. The molecule has 1 rings (SSSR count). The summed E-state index contributed by atoms with van der Waals surface area (Å²) in [5.74, 6) is -1.58. The summed E-state index contributed by atoms with van der Waals surface area (Å²) in [7, 11) is 0. The molecule has 0 bridgehead atoms. The van der Waals surface area contributed by atoms with Crippen LogP contribution in [-0.4, -0.2) is 16.1 Å². The van der Waals surface area contributed by atoms with Gasteiger partial charge in [0.15, 0.2) is 5.69 Å². The lowest BCUT2D eigenvalue weighted by Gasteiger charge is -2.06. The monoisotopic (exact) mass is 324 g/mol. The van der Waals surface area contributed by atoms with Crippen molar-refractivity contribution in [2.24, 2.45) is 0 Å². The number of carbonyl (C=O) groups is 1. The van der Waals surface area contributed by atoms with Crippen molar-refractivity contribution in [1.29, 1.82) is 5.26 Å². The standard InChI is InChI=1S/C8H3F2IN2O2/c9-7(10)3-1-5(11)13-4(2-12)6(3)8(14)15/h1,7H,(H,14,15). The molecule has 15 heavy (non-hydrogen) atoms. The van der Waals surface area contributed by atoms with E-state index in [4.69, 9.17) is 10.4 Å². The highest BCUT2D eigenvalue weighted by Gasteiger charge is 2.23. The minimum atomic E-state index is -2.94. The summed E-state index contributed by atoms with van der Waals surface area (Å²) in [5, 5.41) is 17.3. The Morgan fingerprint density at radius 3 is 2.67 bits per heavy atom. The predicted molar refractivity (Wildman–Crippen MR) is 53.6 cm³/mol. The van der Waals surface area contributed by atoms with E-state index in [1.807, 2.05) is 0 Å². The molecule has 0 unspecified atom stereocenters. The molecule has 7 heteroatoms. The first-order valence-electron chi connectivity index (χ1n) is 3.59. The van der Waals surface area contributed by atoms with Gasteiger partial charge in [-0.25, -0.2) is 18.6 Å². The Hall–Kier alpha value is -1.30. The Balaban J connectivity index is 3.56. The third-order valence-electron chi connectivity index (χ3n) is 1.57. The van der Waals surface area contributed by atoms with Crippen LogP contribution in [0.25, 0.3) is 0 Å². The molecule has 0 aliphatic carbocycles. The third kappa shape index (κ3) is 2.38. The quantitative estimate of drug-likeness (QED) is 0.668. The maximum Gasteiger partial charge on any atom is 0.339 e. The topological polar surface area (TPSA) is 74.0 Å². The van der Waals surface area contributed by atoms with Gasteiger partial charge in [-0.15, -0.1) is 0 Å². The van der Waals surface area contributed by atoms with E-state index in [0.717, 1.165) is 6.07 Å². The molecular formula is C8H3F2IN2O2. The van der Waals surface area contributed by atoms with Crippen molar-refractivity contribution in [2.45, 2.75) is 6.43 Å². The maximum absolute atomic E-state index is 12.5. The first kappa shape index (κ1) is 11.8. The molecule has 0 radical (unpaired) electrons. The summed E-state index contributed by atoms with van der Waals surface area (Å²) in [6, 6.07) is 2.44. The number of rotatable bonds is 2. The van der Waals surface area contributed by atoms with Gasteiger partial charge < -0.3 is 5.11 Å². The van der Waals surface area contributed by atoms with Crippen LogP contribution in [0, 0.1) is 15.0 Å². The third-order valence-corrected chi connectivity index (χ3v) is 2.13. The molecule has 1 N–H and O–H groups in total. The van der Waals surface area contributed by atoms with Crippen LogP contribution in [0.15, 0.2) is 6.07 Å². The minimum absolute atomic E-state index is 0.157. The van der Waals surface area contributed by atoms with E-state index in [1.165, 1.54) is 6.07 Å². The zero-order chi connectivity index (χ0) is 11.6. The highest BCUT2D eigenvalue weighted by molar-refractivity contribution is 14.1. The van der Waals surface area contributed by atoms with Gasteiger partial charge in [0.2, 0.25) is 0 Å². The molecule has 0 fully saturated rings. The van der Waals surface area contributed by atoms with E-state index in [1.54, 1.807) is 22.6 Å². The molecule has 78 valence electrons. The van der Waals surface area contributed by atoms with Gasteiger partial charge in [-0.2, -0.15) is 5.26 Å². The van der Waals surface area contributed by atoms with E-state index >= 15 is 0 Å². The molecule has 1 heterocycles. The Kier molecular flexibility index (Phi) is 3.52. The van der Waals surface area contributed by atoms with Gasteiger partial charge in [0.05, 0.1) is 0 Å². The number of nitriles is 1. The number of halogens is 3. The van der Waals surface area contributed by atoms with E-state index in [9.17, 15) is 13.6 Å². The SMILES string of the molecule is N#Cc1nc(I)cc(C(F)F)c1C(=O)O. The zero-order valence-corrected chi connectivity index (χ0v) is 9.20. The first-order valence-corrected chi connectivity index (χ1v) is 4.67. The lowest BCUT2D eigenvalue weighted by Crippen LogP contribution is -2.09. The number of carboxylic acid groups (broad SMARTS) is 1. The van der Waals surface area contributed by atoms with Crippen LogP contribution in [0.5, 0.6) is 0 Å². The zero-order valence-electron chi connectivity index (χ0n) is 7.04. The number of hydrogen-bond donors (Lipinski definition) is 1. The largest absolute Gasteiger partial charge is 0.478 e. The molecule has 0 amide bonds. The number of alkyl halides is 2. The van der Waals surface area contributed by atoms with Crippen LogP contribution in [-0.2, 0) is 0 Å². The van der Waals surface area contributed by atoms with Gasteiger partial charge >= 0.3 is 5.97 Å². The summed E-state index contributed by atoms with van der Waals surface area (Å²) in [5.41, 5.74) is -1.91. The lowest BCUT2D eigenvalue weighted by molar-refractivity contribution is 0.0683. The second-order valence-electron chi connectivity index (χ2n) is 2.48. The summed E-state index contributed by atoms with van der Waals surface area (Å²) < 4.78 is 25.1. The molecular weight excluding hydrogens is 321 g/mol. The average Bonchev–Trinajstić information content (AvgIpc) is 2.15. The van der Waals surface area contributed by atoms with Crippen molar-refractivity contribution < 1.29 is 18.7 Å². The smallest absolute Gasteiger partial charge is 0.339 e. The summed E-state index contributed by atoms with van der Waals surface area (Å²) in [6.45, 7) is 0. The van der Waals surface area contributed by atoms with Gasteiger partial charge in [-0.1, -0.05) is 0 Å². The number of aromatic carboxylic acids is 1. The number of nitrogens with zero attached hydrogens (tertiary/aromatic N) is 2. The van der Waals surface area contributed by atoms with Gasteiger partial charge in [0.1, 0.15) is 15.3 Å². The Morgan fingerprint density at radius 2 is 2.27 bits per heavy atom. The van der Waals surface area contributed by atoms with Gasteiger partial charge in [-0.3, -0.25) is 0 Å². The Bertz CT molecular complexity index is 457. The van der Waals surface area contributed by atoms with Gasteiger partial charge in [0, 0.05) is 5.56 Å². The molecule has 0 aromatic carbocycles. The second-order valence-corrected chi connectivity index (χ2v) is 3.58. The van der Waals surface area contributed by atoms with Gasteiger partial charge in [-0.05, 0) is 28.7 Å². The van der Waals surface area contributed by atoms with Crippen molar-refractivity contribution in [1.82, 2.24) is 4.98 Å². The summed E-state index contributed by atoms with van der Waals surface area (Å²) >= 11 is 1.64. The number of pyridine rings is 1. The molecule has 0 atom stereocenters. The van der Waals surface area contributed by atoms with Crippen molar-refractivity contribution in [3.05, 3.63) is 26.6 Å². The fourth-order valence-corrected chi connectivity index (χ4v) is 1.59. The fraction of sp³-hybridized carbons (Fsp3) is 0.125. The molecule has 0 spiro atoms. The Labute approximate surface area is 96.7 Å². The van der Waals surface area contributed by atoms with E-state index in [2.05, 4.69) is 4.98 Å². The van der Waals surface area contributed by atoms with Crippen LogP contribution in [0.3, 0.4) is 0 Å². The molecule has 0 aliphatic rings. The van der Waals surface area contributed by atoms with Crippen molar-refractivity contribution in [3.63, 3.8) is 0 Å². The highest BCUT2D eigenvalue weighted by Crippen LogP contribution is 2.26. The lowest BCUT2D eigenvalue weighted by atomic mass is 10.1. The van der Waals surface area contributed by atoms with Gasteiger partial charge in [0.25, 0.3) is 6.43 Å². The van der Waals surface area contributed by atoms with Crippen molar-refractivity contribution >= 4 is 28.6 Å². The first-order chi connectivity index (χ1) is 6.97. The molecule has 4 nitrogen and oxygen atoms in total. The molecule has 0 saturated carbocycles. The van der Waals surface area contributed by atoms with Crippen LogP contribution in [0.4, 0.5) is 8.78 Å². The molecule has 0 aliphatic heterocycles. The minimum Gasteiger partial charge on any atom is -0.478 e. The maximum atomic E-state index is 12.5. The van der Waals surface area contributed by atoms with Crippen LogP contribution in [0.1, 0.15) is 28.0 Å². The van der Waals surface area contributed by atoms with Crippen LogP contribution in [0.2, 0.25) is 0 Å². The molecule has 1 aromatic rings. The highest BCUT2D eigenvalue weighted by atomic mass is 127. The van der Waals surface area contributed by atoms with Crippen LogP contribution >= 0.6 is 22.6 Å². The van der Waals surface area contributed by atoms with Crippen LogP contribution < -0.4 is 0 Å². The fourth-order valence-electron chi connectivity index (χ4n) is 1.01. The van der Waals surface area contributed by atoms with Crippen molar-refractivity contribution in [3.8, 4) is 6.07 Å². The van der Waals surface area contributed by atoms with E-state index < -0.39 is 29.2 Å². The molecule has 1 aromatic heterocycles. The van der Waals surface area contributed by atoms with E-state index in [-0.39, 0.29) is 3.70 Å². The normalized spacial score (nSPS) is 10.1. The number of aromatic nitrogens is 1.